The van der Waals surface area contributed by atoms with Crippen molar-refractivity contribution >= 4 is 15.9 Å². The highest BCUT2D eigenvalue weighted by molar-refractivity contribution is 9.10. The Balaban J connectivity index is 1.53. The van der Waals surface area contributed by atoms with E-state index in [1.54, 1.807) is 0 Å². The first-order valence-electron chi connectivity index (χ1n) is 10.5. The molecule has 0 unspecified atom stereocenters. The summed E-state index contributed by atoms with van der Waals surface area (Å²) in [5, 5.41) is 0. The van der Waals surface area contributed by atoms with Gasteiger partial charge in [-0.3, -0.25) is 4.98 Å². The number of nitrogens with zero attached hydrogens (tertiary/aromatic N) is 2. The lowest BCUT2D eigenvalue weighted by Crippen LogP contribution is -2.24. The monoisotopic (exact) mass is 489 g/mol. The van der Waals surface area contributed by atoms with E-state index in [-0.39, 0.29) is 18.8 Å². The molecule has 1 fully saturated rings. The highest BCUT2D eigenvalue weighted by atomic mass is 79.9. The largest absolute Gasteiger partial charge is 0.489 e. The molecule has 0 spiro atoms. The fraction of sp³-hybridized carbons (Fsp3) is 0.417. The molecular weight excluding hydrogens is 464 g/mol. The number of H-pyrrole nitrogens is 1. The van der Waals surface area contributed by atoms with Crippen LogP contribution < -0.4 is 4.74 Å². The Bertz CT molecular complexity index is 1070. The van der Waals surface area contributed by atoms with Gasteiger partial charge in [0.2, 0.25) is 5.92 Å². The van der Waals surface area contributed by atoms with E-state index < -0.39 is 5.92 Å². The molecule has 1 N–H and O–H groups in total. The summed E-state index contributed by atoms with van der Waals surface area (Å²) in [7, 11) is 0. The van der Waals surface area contributed by atoms with Crippen molar-refractivity contribution in [2.45, 2.75) is 64.9 Å². The van der Waals surface area contributed by atoms with E-state index in [2.05, 4.69) is 32.0 Å². The molecule has 0 radical (unpaired) electrons. The Hall–Kier alpha value is -2.28. The number of halogens is 3. The maximum atomic E-state index is 13.5. The molecule has 7 heteroatoms. The van der Waals surface area contributed by atoms with Gasteiger partial charge < -0.3 is 9.72 Å². The lowest BCUT2D eigenvalue weighted by molar-refractivity contribution is -0.0387. The van der Waals surface area contributed by atoms with Crippen molar-refractivity contribution in [1.82, 2.24) is 15.0 Å². The van der Waals surface area contributed by atoms with E-state index >= 15 is 0 Å². The van der Waals surface area contributed by atoms with Gasteiger partial charge >= 0.3 is 0 Å². The summed E-state index contributed by atoms with van der Waals surface area (Å²) >= 11 is 3.58. The summed E-state index contributed by atoms with van der Waals surface area (Å²) in [6, 6.07) is 8.08. The molecule has 3 aromatic rings. The van der Waals surface area contributed by atoms with Gasteiger partial charge in [0.05, 0.1) is 0 Å². The van der Waals surface area contributed by atoms with Crippen molar-refractivity contribution in [3.8, 4) is 17.0 Å². The minimum absolute atomic E-state index is 0.0387. The van der Waals surface area contributed by atoms with Crippen LogP contribution in [0.2, 0.25) is 0 Å². The Morgan fingerprint density at radius 1 is 1.13 bits per heavy atom. The topological polar surface area (TPSA) is 50.8 Å². The zero-order chi connectivity index (χ0) is 22.2. The van der Waals surface area contributed by atoms with Crippen LogP contribution in [0.3, 0.4) is 0 Å². The molecule has 0 bridgehead atoms. The molecule has 1 aliphatic rings. The van der Waals surface area contributed by atoms with Crippen molar-refractivity contribution < 1.29 is 13.5 Å². The van der Waals surface area contributed by atoms with E-state index in [1.807, 2.05) is 45.2 Å². The fourth-order valence-corrected chi connectivity index (χ4v) is 4.51. The number of aromatic nitrogens is 3. The number of benzene rings is 1. The minimum atomic E-state index is -2.54. The van der Waals surface area contributed by atoms with Gasteiger partial charge in [0, 0.05) is 41.8 Å². The smallest absolute Gasteiger partial charge is 0.248 e. The van der Waals surface area contributed by atoms with E-state index in [9.17, 15) is 8.78 Å². The number of hydrogen-bond donors (Lipinski definition) is 1. The second-order valence-corrected chi connectivity index (χ2v) is 9.24. The highest BCUT2D eigenvalue weighted by Gasteiger charge is 2.36. The van der Waals surface area contributed by atoms with Crippen LogP contribution in [0.5, 0.6) is 5.75 Å². The molecule has 0 saturated heterocycles. The zero-order valence-corrected chi connectivity index (χ0v) is 19.5. The summed E-state index contributed by atoms with van der Waals surface area (Å²) in [6.45, 7) is 6.45. The summed E-state index contributed by atoms with van der Waals surface area (Å²) < 4.78 is 33.8. The van der Waals surface area contributed by atoms with Crippen LogP contribution in [0.1, 0.15) is 59.8 Å². The van der Waals surface area contributed by atoms with Crippen molar-refractivity contribution in [2.75, 3.05) is 0 Å². The maximum Gasteiger partial charge on any atom is 0.248 e. The highest BCUT2D eigenvalue weighted by Crippen LogP contribution is 2.42. The number of ether oxygens (including phenoxy) is 1. The van der Waals surface area contributed by atoms with Crippen LogP contribution in [0, 0.1) is 20.8 Å². The summed E-state index contributed by atoms with van der Waals surface area (Å²) in [5.41, 5.74) is 5.85. The Kier molecular flexibility index (Phi) is 6.15. The molecule has 1 aliphatic carbocycles. The molecule has 31 heavy (non-hydrogen) atoms. The number of aromatic amines is 1. The molecule has 164 valence electrons. The van der Waals surface area contributed by atoms with Gasteiger partial charge in [-0.2, -0.15) is 0 Å². The normalized spacial score (nSPS) is 16.5. The lowest BCUT2D eigenvalue weighted by Gasteiger charge is -2.26. The molecule has 0 amide bonds. The van der Waals surface area contributed by atoms with E-state index in [4.69, 9.17) is 9.72 Å². The van der Waals surface area contributed by atoms with Crippen molar-refractivity contribution in [3.05, 3.63) is 63.3 Å². The molecule has 1 saturated carbocycles. The van der Waals surface area contributed by atoms with Gasteiger partial charge in [0.1, 0.15) is 28.5 Å². The molecular formula is C24H26BrF2N3O. The van der Waals surface area contributed by atoms with Crippen LogP contribution in [0.4, 0.5) is 8.78 Å². The summed E-state index contributed by atoms with van der Waals surface area (Å²) in [5.74, 6) is -0.900. The number of pyridine rings is 1. The average molecular weight is 490 g/mol. The molecule has 2 aromatic heterocycles. The van der Waals surface area contributed by atoms with Gasteiger partial charge in [-0.25, -0.2) is 13.8 Å². The van der Waals surface area contributed by atoms with Crippen LogP contribution in [0.15, 0.2) is 35.1 Å². The SMILES string of the molecule is Cc1ccc(COc2cc(C)c(-c3nc(C4CCC(F)(F)CC4)[nH]c3Br)cc2C)cn1. The standard InChI is InChI=1S/C24H26BrF2N3O/c1-14-11-20(31-13-17-5-4-16(3)28-12-17)15(2)10-19(14)21-22(25)30-23(29-21)18-6-8-24(26,27)9-7-18/h4-5,10-12,18H,6-9,13H2,1-3H3,(H,29,30). The number of imidazole rings is 1. The Labute approximate surface area is 189 Å². The van der Waals surface area contributed by atoms with E-state index in [1.165, 1.54) is 0 Å². The molecule has 0 atom stereocenters. The number of rotatable bonds is 5. The van der Waals surface area contributed by atoms with E-state index in [0.29, 0.717) is 19.4 Å². The second kappa shape index (κ2) is 8.69. The van der Waals surface area contributed by atoms with Gasteiger partial charge in [0.15, 0.2) is 0 Å². The summed E-state index contributed by atoms with van der Waals surface area (Å²) in [6.07, 6.45) is 2.57. The Morgan fingerprint density at radius 3 is 2.55 bits per heavy atom. The van der Waals surface area contributed by atoms with Crippen molar-refractivity contribution in [1.29, 1.82) is 0 Å². The van der Waals surface area contributed by atoms with Crippen molar-refractivity contribution in [2.24, 2.45) is 0 Å². The number of alkyl halides is 2. The van der Waals surface area contributed by atoms with Crippen LogP contribution in [-0.4, -0.2) is 20.9 Å². The van der Waals surface area contributed by atoms with Gasteiger partial charge in [-0.05, 0) is 78.9 Å². The Morgan fingerprint density at radius 2 is 1.87 bits per heavy atom. The number of hydrogen-bond acceptors (Lipinski definition) is 3. The molecule has 0 aliphatic heterocycles. The quantitative estimate of drug-likeness (QED) is 0.418. The van der Waals surface area contributed by atoms with Crippen LogP contribution in [0.25, 0.3) is 11.3 Å². The first-order valence-corrected chi connectivity index (χ1v) is 11.3. The zero-order valence-electron chi connectivity index (χ0n) is 17.9. The molecule has 1 aromatic carbocycles. The van der Waals surface area contributed by atoms with Crippen LogP contribution in [-0.2, 0) is 6.61 Å². The number of nitrogens with one attached hydrogen (secondary N) is 1. The van der Waals surface area contributed by atoms with Crippen molar-refractivity contribution in [3.63, 3.8) is 0 Å². The fourth-order valence-electron chi connectivity index (χ4n) is 4.00. The van der Waals surface area contributed by atoms with Gasteiger partial charge in [0.25, 0.3) is 0 Å². The van der Waals surface area contributed by atoms with Gasteiger partial charge in [-0.1, -0.05) is 6.07 Å². The van der Waals surface area contributed by atoms with Crippen LogP contribution >= 0.6 is 15.9 Å². The first-order chi connectivity index (χ1) is 14.7. The molecule has 2 heterocycles. The van der Waals surface area contributed by atoms with E-state index in [0.717, 1.165) is 49.8 Å². The minimum Gasteiger partial charge on any atom is -0.489 e. The molecule has 4 nitrogen and oxygen atoms in total. The predicted octanol–water partition coefficient (Wildman–Crippen LogP) is 7.03. The average Bonchev–Trinajstić information content (AvgIpc) is 3.10. The maximum absolute atomic E-state index is 13.5. The second-order valence-electron chi connectivity index (χ2n) is 8.44. The predicted molar refractivity (Wildman–Crippen MR) is 121 cm³/mol. The summed E-state index contributed by atoms with van der Waals surface area (Å²) in [4.78, 5) is 12.4. The lowest BCUT2D eigenvalue weighted by atomic mass is 9.86. The first kappa shape index (κ1) is 21.9. The van der Waals surface area contributed by atoms with Gasteiger partial charge in [-0.15, -0.1) is 0 Å². The third-order valence-corrected chi connectivity index (χ3v) is 6.50. The third-order valence-electron chi connectivity index (χ3n) is 5.93. The third kappa shape index (κ3) is 4.97. The molecule has 4 rings (SSSR count). The number of aryl methyl sites for hydroxylation is 3.